The maximum absolute atomic E-state index is 12.4. The second-order valence-electron chi connectivity index (χ2n) is 5.82. The van der Waals surface area contributed by atoms with E-state index in [9.17, 15) is 8.42 Å². The van der Waals surface area contributed by atoms with Crippen LogP contribution in [0.2, 0.25) is 0 Å². The van der Waals surface area contributed by atoms with E-state index < -0.39 is 10.0 Å². The van der Waals surface area contributed by atoms with Gasteiger partial charge in [-0.05, 0) is 38.0 Å². The molecular weight excluding hydrogens is 276 g/mol. The molecule has 1 saturated carbocycles. The molecule has 3 unspecified atom stereocenters. The van der Waals surface area contributed by atoms with Crippen molar-refractivity contribution in [2.45, 2.75) is 57.5 Å². The van der Waals surface area contributed by atoms with Gasteiger partial charge >= 0.3 is 0 Å². The summed E-state index contributed by atoms with van der Waals surface area (Å²) >= 11 is 0. The van der Waals surface area contributed by atoms with Crippen molar-refractivity contribution >= 4 is 15.8 Å². The van der Waals surface area contributed by atoms with Crippen LogP contribution in [0.5, 0.6) is 0 Å². The third kappa shape index (κ3) is 3.15. The number of nitrogens with two attached hydrogens (primary N) is 1. The van der Waals surface area contributed by atoms with Crippen molar-refractivity contribution < 1.29 is 8.42 Å². The molecule has 114 valence electrons. The molecule has 0 amide bonds. The fourth-order valence-corrected chi connectivity index (χ4v) is 4.08. The monoisotopic (exact) mass is 300 g/mol. The first kappa shape index (κ1) is 15.3. The van der Waals surface area contributed by atoms with Gasteiger partial charge in [0.15, 0.2) is 5.82 Å². The van der Waals surface area contributed by atoms with Crippen LogP contribution >= 0.6 is 0 Å². The Morgan fingerprint density at radius 3 is 2.65 bits per heavy atom. The first-order chi connectivity index (χ1) is 9.33. The molecule has 1 aliphatic carbocycles. The Morgan fingerprint density at radius 2 is 2.10 bits per heavy atom. The van der Waals surface area contributed by atoms with Crippen LogP contribution in [-0.4, -0.2) is 24.2 Å². The fourth-order valence-electron chi connectivity index (χ4n) is 2.72. The van der Waals surface area contributed by atoms with Crippen LogP contribution in [0, 0.1) is 11.8 Å². The van der Waals surface area contributed by atoms with E-state index in [0.29, 0.717) is 18.4 Å². The van der Waals surface area contributed by atoms with Crippen LogP contribution in [0.25, 0.3) is 0 Å². The van der Waals surface area contributed by atoms with Gasteiger partial charge in [-0.1, -0.05) is 13.8 Å². The maximum Gasteiger partial charge on any atom is 0.246 e. The topological polar surface area (TPSA) is 90.0 Å². The molecule has 2 rings (SSSR count). The number of aryl methyl sites for hydroxylation is 1. The molecule has 0 radical (unpaired) electrons. The smallest absolute Gasteiger partial charge is 0.246 e. The van der Waals surface area contributed by atoms with Crippen LogP contribution in [-0.2, 0) is 16.6 Å². The van der Waals surface area contributed by atoms with E-state index in [2.05, 4.69) is 23.7 Å². The second kappa shape index (κ2) is 5.73. The SMILES string of the molecule is CCn1cc(S(=O)(=O)NC2CCC(C)C(C)C2)c(N)n1. The molecule has 1 aromatic heterocycles. The van der Waals surface area contributed by atoms with Gasteiger partial charge in [0.25, 0.3) is 0 Å². The summed E-state index contributed by atoms with van der Waals surface area (Å²) in [7, 11) is -3.58. The molecule has 6 nitrogen and oxygen atoms in total. The number of rotatable bonds is 4. The number of nitrogen functional groups attached to an aromatic ring is 1. The minimum Gasteiger partial charge on any atom is -0.381 e. The van der Waals surface area contributed by atoms with Crippen LogP contribution in [0.4, 0.5) is 5.82 Å². The quantitative estimate of drug-likeness (QED) is 0.883. The van der Waals surface area contributed by atoms with E-state index in [1.165, 1.54) is 10.9 Å². The number of sulfonamides is 1. The van der Waals surface area contributed by atoms with Gasteiger partial charge in [0.2, 0.25) is 10.0 Å². The molecule has 1 aromatic rings. The summed E-state index contributed by atoms with van der Waals surface area (Å²) in [6.07, 6.45) is 4.30. The summed E-state index contributed by atoms with van der Waals surface area (Å²) in [6.45, 7) is 6.88. The zero-order valence-corrected chi connectivity index (χ0v) is 13.2. The number of hydrogen-bond donors (Lipinski definition) is 2. The molecule has 1 fully saturated rings. The van der Waals surface area contributed by atoms with Gasteiger partial charge in [-0.3, -0.25) is 4.68 Å². The highest BCUT2D eigenvalue weighted by Gasteiger charge is 2.29. The predicted octanol–water partition coefficient (Wildman–Crippen LogP) is 1.59. The lowest BCUT2D eigenvalue weighted by Gasteiger charge is -2.32. The van der Waals surface area contributed by atoms with Gasteiger partial charge in [-0.25, -0.2) is 13.1 Å². The summed E-state index contributed by atoms with van der Waals surface area (Å²) < 4.78 is 29.1. The van der Waals surface area contributed by atoms with Crippen molar-refractivity contribution in [3.8, 4) is 0 Å². The number of anilines is 1. The van der Waals surface area contributed by atoms with Crippen molar-refractivity contribution in [3.05, 3.63) is 6.20 Å². The van der Waals surface area contributed by atoms with E-state index in [-0.39, 0.29) is 16.8 Å². The highest BCUT2D eigenvalue weighted by atomic mass is 32.2. The summed E-state index contributed by atoms with van der Waals surface area (Å²) in [5.41, 5.74) is 5.71. The summed E-state index contributed by atoms with van der Waals surface area (Å²) in [5, 5.41) is 3.99. The Bertz CT molecular complexity index is 567. The minimum atomic E-state index is -3.58. The van der Waals surface area contributed by atoms with Gasteiger partial charge < -0.3 is 5.73 Å². The summed E-state index contributed by atoms with van der Waals surface area (Å²) in [5.74, 6) is 1.26. The normalized spacial score (nSPS) is 27.6. The molecule has 0 bridgehead atoms. The van der Waals surface area contributed by atoms with Crippen molar-refractivity contribution in [1.82, 2.24) is 14.5 Å². The fraction of sp³-hybridized carbons (Fsp3) is 0.769. The molecule has 7 heteroatoms. The van der Waals surface area contributed by atoms with Crippen molar-refractivity contribution in [1.29, 1.82) is 0 Å². The molecule has 20 heavy (non-hydrogen) atoms. The highest BCUT2D eigenvalue weighted by molar-refractivity contribution is 7.89. The lowest BCUT2D eigenvalue weighted by atomic mass is 9.79. The molecule has 0 spiro atoms. The number of hydrogen-bond acceptors (Lipinski definition) is 4. The molecular formula is C13H24N4O2S. The van der Waals surface area contributed by atoms with Gasteiger partial charge in [0.1, 0.15) is 4.90 Å². The predicted molar refractivity (Wildman–Crippen MR) is 78.6 cm³/mol. The van der Waals surface area contributed by atoms with Gasteiger partial charge in [0.05, 0.1) is 0 Å². The van der Waals surface area contributed by atoms with E-state index in [1.807, 2.05) is 6.92 Å². The lowest BCUT2D eigenvalue weighted by molar-refractivity contribution is 0.242. The van der Waals surface area contributed by atoms with E-state index in [0.717, 1.165) is 19.3 Å². The summed E-state index contributed by atoms with van der Waals surface area (Å²) in [6, 6.07) is -0.00410. The second-order valence-corrected chi connectivity index (χ2v) is 7.50. The third-order valence-corrected chi connectivity index (χ3v) is 5.83. The molecule has 0 aromatic carbocycles. The molecule has 1 aliphatic rings. The standard InChI is InChI=1S/C13H24N4O2S/c1-4-17-8-12(13(14)15-17)20(18,19)16-11-6-5-9(2)10(3)7-11/h8-11,16H,4-7H2,1-3H3,(H2,14,15). The largest absolute Gasteiger partial charge is 0.381 e. The first-order valence-electron chi connectivity index (χ1n) is 7.18. The van der Waals surface area contributed by atoms with Crippen molar-refractivity contribution in [2.24, 2.45) is 11.8 Å². The Labute approximate surface area is 120 Å². The number of aromatic nitrogens is 2. The van der Waals surface area contributed by atoms with Gasteiger partial charge in [0, 0.05) is 18.8 Å². The summed E-state index contributed by atoms with van der Waals surface area (Å²) in [4.78, 5) is 0.0885. The van der Waals surface area contributed by atoms with Crippen LogP contribution in [0.1, 0.15) is 40.0 Å². The average Bonchev–Trinajstić information content (AvgIpc) is 2.76. The number of nitrogens with one attached hydrogen (secondary N) is 1. The third-order valence-electron chi connectivity index (χ3n) is 4.29. The lowest BCUT2D eigenvalue weighted by Crippen LogP contribution is -2.39. The minimum absolute atomic E-state index is 0.00410. The average molecular weight is 300 g/mol. The van der Waals surface area contributed by atoms with Crippen molar-refractivity contribution in [2.75, 3.05) is 5.73 Å². The van der Waals surface area contributed by atoms with Crippen molar-refractivity contribution in [3.63, 3.8) is 0 Å². The zero-order valence-electron chi connectivity index (χ0n) is 12.3. The molecule has 1 heterocycles. The van der Waals surface area contributed by atoms with Gasteiger partial charge in [-0.2, -0.15) is 5.10 Å². The molecule has 3 N–H and O–H groups in total. The zero-order chi connectivity index (χ0) is 14.9. The Hall–Kier alpha value is -1.08. The van der Waals surface area contributed by atoms with Crippen LogP contribution in [0.3, 0.4) is 0 Å². The van der Waals surface area contributed by atoms with E-state index in [4.69, 9.17) is 5.73 Å². The number of nitrogens with zero attached hydrogens (tertiary/aromatic N) is 2. The highest BCUT2D eigenvalue weighted by Crippen LogP contribution is 2.30. The molecule has 0 saturated heterocycles. The maximum atomic E-state index is 12.4. The first-order valence-corrected chi connectivity index (χ1v) is 8.67. The molecule has 0 aliphatic heterocycles. The van der Waals surface area contributed by atoms with E-state index in [1.54, 1.807) is 0 Å². The van der Waals surface area contributed by atoms with E-state index >= 15 is 0 Å². The Balaban J connectivity index is 2.13. The van der Waals surface area contributed by atoms with Gasteiger partial charge in [-0.15, -0.1) is 0 Å². The van der Waals surface area contributed by atoms with Crippen LogP contribution < -0.4 is 10.5 Å². The Kier molecular flexibility index (Phi) is 4.39. The van der Waals surface area contributed by atoms with Crippen LogP contribution in [0.15, 0.2) is 11.1 Å². The Morgan fingerprint density at radius 1 is 1.40 bits per heavy atom. The molecule has 3 atom stereocenters.